The summed E-state index contributed by atoms with van der Waals surface area (Å²) in [5.41, 5.74) is 2.45. The molecule has 1 aliphatic rings. The zero-order chi connectivity index (χ0) is 9.90. The first-order valence-corrected chi connectivity index (χ1v) is 3.78. The van der Waals surface area contributed by atoms with Gasteiger partial charge in [0.05, 0.1) is 6.08 Å². The standard InChI is InChI=1S/C9H5ClF3/c10-8-3-1-7(2-4-8)5-6-9(11,12)13/h1-4,6H. The highest BCUT2D eigenvalue weighted by Gasteiger charge is 2.21. The maximum atomic E-state index is 11.7. The number of halogens is 4. The fourth-order valence-corrected chi connectivity index (χ4v) is 0.837. The quantitative estimate of drug-likeness (QED) is 0.531. The number of rotatable bonds is 0. The molecule has 1 aliphatic carbocycles. The van der Waals surface area contributed by atoms with Crippen molar-refractivity contribution < 1.29 is 13.2 Å². The molecule has 13 heavy (non-hydrogen) atoms. The highest BCUT2D eigenvalue weighted by molar-refractivity contribution is 6.30. The van der Waals surface area contributed by atoms with Gasteiger partial charge in [0.15, 0.2) is 0 Å². The molecule has 0 aliphatic heterocycles. The maximum Gasteiger partial charge on any atom is 0.416 e. The van der Waals surface area contributed by atoms with Crippen molar-refractivity contribution in [3.05, 3.63) is 47.1 Å². The summed E-state index contributed by atoms with van der Waals surface area (Å²) >= 11 is 5.54. The van der Waals surface area contributed by atoms with Gasteiger partial charge < -0.3 is 0 Å². The van der Waals surface area contributed by atoms with E-state index in [0.717, 1.165) is 0 Å². The molecule has 0 heterocycles. The van der Waals surface area contributed by atoms with E-state index in [9.17, 15) is 13.2 Å². The van der Waals surface area contributed by atoms with Crippen molar-refractivity contribution in [2.45, 2.75) is 6.18 Å². The molecule has 0 N–H and O–H groups in total. The third-order valence-electron chi connectivity index (χ3n) is 1.25. The van der Waals surface area contributed by atoms with E-state index in [0.29, 0.717) is 11.0 Å². The molecule has 0 nitrogen and oxygen atoms in total. The van der Waals surface area contributed by atoms with Crippen molar-refractivity contribution in [2.24, 2.45) is 0 Å². The summed E-state index contributed by atoms with van der Waals surface area (Å²) in [5.74, 6) is 0. The lowest BCUT2D eigenvalue weighted by molar-refractivity contribution is -0.0796. The van der Waals surface area contributed by atoms with Gasteiger partial charge in [0.2, 0.25) is 0 Å². The van der Waals surface area contributed by atoms with Gasteiger partial charge in [0.25, 0.3) is 0 Å². The van der Waals surface area contributed by atoms with Crippen LogP contribution in [0.2, 0.25) is 0 Å². The van der Waals surface area contributed by atoms with Crippen LogP contribution in [0.5, 0.6) is 0 Å². The van der Waals surface area contributed by atoms with Gasteiger partial charge >= 0.3 is 6.18 Å². The van der Waals surface area contributed by atoms with Crippen molar-refractivity contribution >= 4 is 11.6 Å². The second kappa shape index (κ2) is 3.86. The molecule has 0 fully saturated rings. The average molecular weight is 206 g/mol. The first-order valence-electron chi connectivity index (χ1n) is 3.40. The summed E-state index contributed by atoms with van der Waals surface area (Å²) in [6.07, 6.45) is 1.69. The summed E-state index contributed by atoms with van der Waals surface area (Å²) in [4.78, 5) is 0. The number of hydrogen-bond donors (Lipinski definition) is 0. The summed E-state index contributed by atoms with van der Waals surface area (Å²) in [5, 5.41) is 0.484. The van der Waals surface area contributed by atoms with E-state index in [1.54, 1.807) is 0 Å². The summed E-state index contributed by atoms with van der Waals surface area (Å²) in [6, 6.07) is 0. The van der Waals surface area contributed by atoms with E-state index in [1.165, 1.54) is 24.3 Å². The second-order valence-electron chi connectivity index (χ2n) is 2.34. The minimum atomic E-state index is -4.32. The van der Waals surface area contributed by atoms with Crippen LogP contribution in [0.1, 0.15) is 0 Å². The zero-order valence-corrected chi connectivity index (χ0v) is 7.15. The highest BCUT2D eigenvalue weighted by Crippen LogP contribution is 2.19. The van der Waals surface area contributed by atoms with Crippen molar-refractivity contribution in [3.63, 3.8) is 0 Å². The van der Waals surface area contributed by atoms with Crippen molar-refractivity contribution in [2.75, 3.05) is 0 Å². The molecule has 69 valence electrons. The molecule has 0 bridgehead atoms. The van der Waals surface area contributed by atoms with E-state index in [2.05, 4.69) is 5.73 Å². The predicted molar refractivity (Wildman–Crippen MR) is 45.0 cm³/mol. The first-order chi connectivity index (χ1) is 5.97. The molecule has 0 atom stereocenters. The van der Waals surface area contributed by atoms with E-state index in [-0.39, 0.29) is 6.08 Å². The van der Waals surface area contributed by atoms with E-state index in [1.807, 2.05) is 0 Å². The van der Waals surface area contributed by atoms with Crippen molar-refractivity contribution in [1.82, 2.24) is 0 Å². The smallest absolute Gasteiger partial charge is 0.166 e. The molecule has 0 saturated carbocycles. The summed E-state index contributed by atoms with van der Waals surface area (Å²) in [7, 11) is 0. The molecule has 0 aromatic carbocycles. The topological polar surface area (TPSA) is 0 Å². The first kappa shape index (κ1) is 10.2. The normalized spacial score (nSPS) is 17.4. The van der Waals surface area contributed by atoms with Crippen LogP contribution >= 0.6 is 11.6 Å². The minimum absolute atomic E-state index is 0.0657. The highest BCUT2D eigenvalue weighted by atomic mass is 35.5. The van der Waals surface area contributed by atoms with Gasteiger partial charge in [-0.15, -0.1) is 17.3 Å². The van der Waals surface area contributed by atoms with Gasteiger partial charge in [-0.1, -0.05) is 12.2 Å². The Morgan fingerprint density at radius 2 is 1.69 bits per heavy atom. The van der Waals surface area contributed by atoms with Crippen LogP contribution in [0, 0.1) is 5.38 Å². The lowest BCUT2D eigenvalue weighted by Crippen LogP contribution is -1.99. The van der Waals surface area contributed by atoms with E-state index < -0.39 is 6.18 Å². The Morgan fingerprint density at radius 1 is 1.15 bits per heavy atom. The molecule has 0 amide bonds. The summed E-state index contributed by atoms with van der Waals surface area (Å²) < 4.78 is 35.0. The molecule has 0 saturated heterocycles. The maximum absolute atomic E-state index is 11.7. The van der Waals surface area contributed by atoms with Crippen LogP contribution < -0.4 is 0 Å². The third-order valence-corrected chi connectivity index (χ3v) is 1.50. The fourth-order valence-electron chi connectivity index (χ4n) is 0.711. The van der Waals surface area contributed by atoms with Crippen LogP contribution in [-0.4, -0.2) is 6.18 Å². The molecule has 1 rings (SSSR count). The van der Waals surface area contributed by atoms with Crippen LogP contribution in [-0.2, 0) is 0 Å². The van der Waals surface area contributed by atoms with Crippen LogP contribution in [0.25, 0.3) is 0 Å². The van der Waals surface area contributed by atoms with Crippen LogP contribution in [0.3, 0.4) is 0 Å². The van der Waals surface area contributed by atoms with Crippen molar-refractivity contribution in [1.29, 1.82) is 0 Å². The third kappa shape index (κ3) is 4.02. The molecular weight excluding hydrogens is 201 g/mol. The second-order valence-corrected chi connectivity index (χ2v) is 2.77. The Labute approximate surface area is 78.7 Å². The van der Waals surface area contributed by atoms with E-state index >= 15 is 0 Å². The molecular formula is C9H5ClF3. The van der Waals surface area contributed by atoms with Crippen molar-refractivity contribution in [3.8, 4) is 0 Å². The Morgan fingerprint density at radius 3 is 2.15 bits per heavy atom. The molecule has 1 radical (unpaired) electrons. The van der Waals surface area contributed by atoms with Gasteiger partial charge in [0, 0.05) is 5.57 Å². The Balaban J connectivity index is 2.80. The molecule has 0 unspecified atom stereocenters. The zero-order valence-electron chi connectivity index (χ0n) is 6.40. The molecule has 4 heteroatoms. The predicted octanol–water partition coefficient (Wildman–Crippen LogP) is 3.53. The number of hydrogen-bond acceptors (Lipinski definition) is 0. The Kier molecular flexibility index (Phi) is 3.02. The van der Waals surface area contributed by atoms with Crippen LogP contribution in [0.15, 0.2) is 41.7 Å². The molecule has 0 spiro atoms. The molecule has 0 aromatic rings. The van der Waals surface area contributed by atoms with Gasteiger partial charge in [-0.05, 0) is 12.2 Å². The van der Waals surface area contributed by atoms with Gasteiger partial charge in [-0.25, -0.2) is 0 Å². The lowest BCUT2D eigenvalue weighted by atomic mass is 10.1. The summed E-state index contributed by atoms with van der Waals surface area (Å²) in [6.45, 7) is 0. The lowest BCUT2D eigenvalue weighted by Gasteiger charge is -2.00. The minimum Gasteiger partial charge on any atom is -0.166 e. The average Bonchev–Trinajstić information content (AvgIpc) is 2.02. The number of alkyl halides is 3. The van der Waals surface area contributed by atoms with E-state index in [4.69, 9.17) is 11.6 Å². The van der Waals surface area contributed by atoms with Gasteiger partial charge in [-0.2, -0.15) is 13.2 Å². The largest absolute Gasteiger partial charge is 0.416 e. The van der Waals surface area contributed by atoms with Crippen LogP contribution in [0.4, 0.5) is 13.2 Å². The van der Waals surface area contributed by atoms with Gasteiger partial charge in [0.1, 0.15) is 5.38 Å². The Hall–Kier alpha value is -0.920. The fraction of sp³-hybridized carbons (Fsp3) is 0.111. The van der Waals surface area contributed by atoms with Gasteiger partial charge in [-0.3, -0.25) is 0 Å². The number of allylic oxidation sites excluding steroid dienone is 5. The Bertz CT molecular complexity index is 287. The monoisotopic (exact) mass is 205 g/mol. The SMILES string of the molecule is FC(F)(F)C=C=C1C=C[C](Cl)C=C1. The molecule has 0 aromatic heterocycles.